The summed E-state index contributed by atoms with van der Waals surface area (Å²) in [6.07, 6.45) is 8.53. The maximum Gasteiger partial charge on any atom is 0.0686 e. The molecule has 0 amide bonds. The number of hydrazine groups is 1. The SMILES string of the molecule is Cc1csc(C(NN)C2CCOC3(CCCCC3)C2)c1Cl. The zero-order valence-electron chi connectivity index (χ0n) is 12.7. The molecule has 2 atom stereocenters. The Labute approximate surface area is 136 Å². The highest BCUT2D eigenvalue weighted by molar-refractivity contribution is 7.10. The predicted molar refractivity (Wildman–Crippen MR) is 88.6 cm³/mol. The maximum absolute atomic E-state index is 6.46. The Kier molecular flexibility index (Phi) is 4.91. The van der Waals surface area contributed by atoms with Crippen molar-refractivity contribution in [2.24, 2.45) is 11.8 Å². The molecule has 2 aliphatic rings. The molecule has 1 aliphatic carbocycles. The zero-order chi connectivity index (χ0) is 14.9. The van der Waals surface area contributed by atoms with Crippen molar-refractivity contribution >= 4 is 22.9 Å². The van der Waals surface area contributed by atoms with Crippen LogP contribution < -0.4 is 11.3 Å². The van der Waals surface area contributed by atoms with Gasteiger partial charge in [-0.1, -0.05) is 30.9 Å². The van der Waals surface area contributed by atoms with E-state index in [4.69, 9.17) is 22.2 Å². The normalized spacial score (nSPS) is 26.9. The minimum absolute atomic E-state index is 0.106. The van der Waals surface area contributed by atoms with E-state index in [1.54, 1.807) is 11.3 Å². The van der Waals surface area contributed by atoms with Gasteiger partial charge >= 0.3 is 0 Å². The van der Waals surface area contributed by atoms with Crippen LogP contribution in [0.25, 0.3) is 0 Å². The Bertz CT molecular complexity index is 479. The molecule has 0 aromatic carbocycles. The summed E-state index contributed by atoms with van der Waals surface area (Å²) in [4.78, 5) is 1.19. The summed E-state index contributed by atoms with van der Waals surface area (Å²) in [5.74, 6) is 6.40. The van der Waals surface area contributed by atoms with Crippen molar-refractivity contribution in [2.45, 2.75) is 63.5 Å². The molecule has 3 nitrogen and oxygen atoms in total. The lowest BCUT2D eigenvalue weighted by Gasteiger charge is -2.45. The molecule has 0 radical (unpaired) electrons. The van der Waals surface area contributed by atoms with Crippen molar-refractivity contribution in [1.82, 2.24) is 5.43 Å². The van der Waals surface area contributed by atoms with Gasteiger partial charge in [0.1, 0.15) is 0 Å². The quantitative estimate of drug-likeness (QED) is 0.640. The van der Waals surface area contributed by atoms with Crippen molar-refractivity contribution < 1.29 is 4.74 Å². The molecule has 1 aromatic heterocycles. The first-order valence-electron chi connectivity index (χ1n) is 7.99. The first kappa shape index (κ1) is 15.8. The summed E-state index contributed by atoms with van der Waals surface area (Å²) >= 11 is 8.18. The Morgan fingerprint density at radius 3 is 2.81 bits per heavy atom. The van der Waals surface area contributed by atoms with Crippen molar-refractivity contribution in [2.75, 3.05) is 6.61 Å². The number of halogens is 1. The van der Waals surface area contributed by atoms with Crippen LogP contribution in [0.15, 0.2) is 5.38 Å². The number of nitrogens with two attached hydrogens (primary N) is 1. The smallest absolute Gasteiger partial charge is 0.0686 e. The minimum Gasteiger partial charge on any atom is -0.375 e. The van der Waals surface area contributed by atoms with Gasteiger partial charge in [0.05, 0.1) is 16.7 Å². The Balaban J connectivity index is 1.79. The van der Waals surface area contributed by atoms with Gasteiger partial charge in [0, 0.05) is 11.5 Å². The minimum atomic E-state index is 0.106. The van der Waals surface area contributed by atoms with Crippen LogP contribution in [0.5, 0.6) is 0 Å². The Morgan fingerprint density at radius 1 is 1.43 bits per heavy atom. The second-order valence-electron chi connectivity index (χ2n) is 6.59. The highest BCUT2D eigenvalue weighted by Crippen LogP contribution is 2.46. The summed E-state index contributed by atoms with van der Waals surface area (Å²) in [5, 5.41) is 3.00. The number of thiophene rings is 1. The van der Waals surface area contributed by atoms with Gasteiger partial charge in [-0.05, 0) is 49.5 Å². The molecule has 2 heterocycles. The van der Waals surface area contributed by atoms with Crippen molar-refractivity contribution in [3.05, 3.63) is 20.8 Å². The van der Waals surface area contributed by atoms with Gasteiger partial charge in [-0.25, -0.2) is 0 Å². The van der Waals surface area contributed by atoms with E-state index < -0.39 is 0 Å². The van der Waals surface area contributed by atoms with Crippen LogP contribution in [-0.4, -0.2) is 12.2 Å². The molecule has 1 aromatic rings. The van der Waals surface area contributed by atoms with Gasteiger partial charge in [-0.2, -0.15) is 0 Å². The second kappa shape index (κ2) is 6.55. The summed E-state index contributed by atoms with van der Waals surface area (Å²) in [6, 6.07) is 0.152. The highest BCUT2D eigenvalue weighted by atomic mass is 35.5. The topological polar surface area (TPSA) is 47.3 Å². The third kappa shape index (κ3) is 3.15. The third-order valence-corrected chi connectivity index (χ3v) is 6.95. The van der Waals surface area contributed by atoms with E-state index in [0.29, 0.717) is 5.92 Å². The molecule has 1 aliphatic heterocycles. The first-order valence-corrected chi connectivity index (χ1v) is 9.24. The molecular weight excluding hydrogens is 304 g/mol. The molecule has 21 heavy (non-hydrogen) atoms. The van der Waals surface area contributed by atoms with E-state index in [1.165, 1.54) is 37.0 Å². The molecule has 2 fully saturated rings. The van der Waals surface area contributed by atoms with E-state index in [0.717, 1.165) is 30.0 Å². The standard InChI is InChI=1S/C16H25ClN2OS/c1-11-10-21-15(13(11)17)14(19-18)12-5-8-20-16(9-12)6-3-2-4-7-16/h10,12,14,19H,2-9,18H2,1H3. The van der Waals surface area contributed by atoms with Gasteiger partial charge in [-0.15, -0.1) is 11.3 Å². The lowest BCUT2D eigenvalue weighted by molar-refractivity contribution is -0.122. The van der Waals surface area contributed by atoms with Crippen LogP contribution in [0.2, 0.25) is 5.02 Å². The van der Waals surface area contributed by atoms with Crippen molar-refractivity contribution in [1.29, 1.82) is 0 Å². The van der Waals surface area contributed by atoms with Gasteiger partial charge in [0.25, 0.3) is 0 Å². The van der Waals surface area contributed by atoms with Crippen molar-refractivity contribution in [3.63, 3.8) is 0 Å². The molecular formula is C16H25ClN2OS. The number of aryl methyl sites for hydroxylation is 1. The average molecular weight is 329 g/mol. The molecule has 1 spiro atoms. The molecule has 5 heteroatoms. The average Bonchev–Trinajstić information content (AvgIpc) is 2.82. The number of hydrogen-bond donors (Lipinski definition) is 2. The van der Waals surface area contributed by atoms with Crippen LogP contribution in [-0.2, 0) is 4.74 Å². The molecule has 0 bridgehead atoms. The number of hydrogen-bond acceptors (Lipinski definition) is 4. The van der Waals surface area contributed by atoms with E-state index in [9.17, 15) is 0 Å². The molecule has 2 unspecified atom stereocenters. The lowest BCUT2D eigenvalue weighted by Crippen LogP contribution is -2.45. The summed E-state index contributed by atoms with van der Waals surface area (Å²) < 4.78 is 6.20. The van der Waals surface area contributed by atoms with E-state index in [2.05, 4.69) is 17.7 Å². The molecule has 3 rings (SSSR count). The Hall–Kier alpha value is -0.130. The monoisotopic (exact) mass is 328 g/mol. The maximum atomic E-state index is 6.46. The number of rotatable bonds is 3. The van der Waals surface area contributed by atoms with Crippen LogP contribution >= 0.6 is 22.9 Å². The molecule has 118 valence electrons. The van der Waals surface area contributed by atoms with Crippen LogP contribution in [0.1, 0.15) is 61.4 Å². The number of nitrogens with one attached hydrogen (secondary N) is 1. The van der Waals surface area contributed by atoms with Gasteiger partial charge < -0.3 is 4.74 Å². The predicted octanol–water partition coefficient (Wildman–Crippen LogP) is 4.34. The fraction of sp³-hybridized carbons (Fsp3) is 0.750. The number of ether oxygens (including phenoxy) is 1. The fourth-order valence-electron chi connectivity index (χ4n) is 3.98. The van der Waals surface area contributed by atoms with Gasteiger partial charge in [-0.3, -0.25) is 11.3 Å². The zero-order valence-corrected chi connectivity index (χ0v) is 14.2. The lowest BCUT2D eigenvalue weighted by atomic mass is 9.74. The van der Waals surface area contributed by atoms with Crippen LogP contribution in [0, 0.1) is 12.8 Å². The first-order chi connectivity index (χ1) is 10.2. The molecule has 1 saturated heterocycles. The van der Waals surface area contributed by atoms with E-state index in [-0.39, 0.29) is 11.6 Å². The molecule has 1 saturated carbocycles. The van der Waals surface area contributed by atoms with E-state index in [1.807, 2.05) is 0 Å². The summed E-state index contributed by atoms with van der Waals surface area (Å²) in [6.45, 7) is 2.91. The Morgan fingerprint density at radius 2 is 2.19 bits per heavy atom. The van der Waals surface area contributed by atoms with Gasteiger partial charge in [0.2, 0.25) is 0 Å². The fourth-order valence-corrected chi connectivity index (χ4v) is 5.44. The second-order valence-corrected chi connectivity index (χ2v) is 7.88. The summed E-state index contributed by atoms with van der Waals surface area (Å²) in [7, 11) is 0. The molecule has 3 N–H and O–H groups in total. The largest absolute Gasteiger partial charge is 0.375 e. The van der Waals surface area contributed by atoms with Gasteiger partial charge in [0.15, 0.2) is 0 Å². The third-order valence-electron chi connectivity index (χ3n) is 5.15. The summed E-state index contributed by atoms with van der Waals surface area (Å²) in [5.41, 5.74) is 4.29. The highest BCUT2D eigenvalue weighted by Gasteiger charge is 2.41. The van der Waals surface area contributed by atoms with Crippen LogP contribution in [0.4, 0.5) is 0 Å². The van der Waals surface area contributed by atoms with E-state index >= 15 is 0 Å². The van der Waals surface area contributed by atoms with Crippen molar-refractivity contribution in [3.8, 4) is 0 Å². The van der Waals surface area contributed by atoms with Crippen LogP contribution in [0.3, 0.4) is 0 Å².